The maximum atomic E-state index is 4.82. The Labute approximate surface area is 113 Å². The van der Waals surface area contributed by atoms with Crippen LogP contribution in [-0.2, 0) is 7.05 Å². The summed E-state index contributed by atoms with van der Waals surface area (Å²) in [4.78, 5) is 7.29. The minimum absolute atomic E-state index is 0.742. The molecule has 2 atom stereocenters. The van der Waals surface area contributed by atoms with Gasteiger partial charge in [-0.05, 0) is 37.4 Å². The van der Waals surface area contributed by atoms with Gasteiger partial charge in [0.1, 0.15) is 0 Å². The molecule has 4 heteroatoms. The maximum absolute atomic E-state index is 4.82. The van der Waals surface area contributed by atoms with Crippen LogP contribution < -0.4 is 10.2 Å². The summed E-state index contributed by atoms with van der Waals surface area (Å²) in [6.07, 6.45) is 2.55. The van der Waals surface area contributed by atoms with E-state index in [9.17, 15) is 0 Å². The fourth-order valence-electron chi connectivity index (χ4n) is 3.64. The number of hydrogen-bond acceptors (Lipinski definition) is 3. The monoisotopic (exact) mass is 256 g/mol. The van der Waals surface area contributed by atoms with Crippen molar-refractivity contribution in [2.45, 2.75) is 18.9 Å². The number of anilines is 1. The highest BCUT2D eigenvalue weighted by Gasteiger charge is 2.33. The minimum atomic E-state index is 0.742. The van der Waals surface area contributed by atoms with Crippen molar-refractivity contribution in [2.75, 3.05) is 24.5 Å². The Bertz CT molecular complexity index is 603. The molecule has 19 heavy (non-hydrogen) atoms. The minimum Gasteiger partial charge on any atom is -0.342 e. The van der Waals surface area contributed by atoms with E-state index in [1.165, 1.54) is 24.9 Å². The van der Waals surface area contributed by atoms with Crippen LogP contribution in [0.5, 0.6) is 0 Å². The molecule has 2 aliphatic rings. The van der Waals surface area contributed by atoms with Gasteiger partial charge in [-0.15, -0.1) is 0 Å². The summed E-state index contributed by atoms with van der Waals surface area (Å²) < 4.78 is 2.23. The lowest BCUT2D eigenvalue weighted by atomic mass is 9.94. The van der Waals surface area contributed by atoms with Gasteiger partial charge in [-0.3, -0.25) is 0 Å². The Morgan fingerprint density at radius 2 is 2.16 bits per heavy atom. The molecule has 2 fully saturated rings. The lowest BCUT2D eigenvalue weighted by Gasteiger charge is -2.35. The molecule has 0 spiro atoms. The number of fused-ring (bicyclic) bond motifs is 2. The summed E-state index contributed by atoms with van der Waals surface area (Å²) in [5, 5.41) is 3.62. The second-order valence-corrected chi connectivity index (χ2v) is 5.80. The van der Waals surface area contributed by atoms with E-state index in [2.05, 4.69) is 46.1 Å². The van der Waals surface area contributed by atoms with Gasteiger partial charge < -0.3 is 14.8 Å². The third-order valence-corrected chi connectivity index (χ3v) is 4.70. The first-order valence-corrected chi connectivity index (χ1v) is 7.23. The molecule has 0 aliphatic carbocycles. The van der Waals surface area contributed by atoms with Crippen molar-refractivity contribution in [3.8, 4) is 0 Å². The predicted molar refractivity (Wildman–Crippen MR) is 77.4 cm³/mol. The molecular formula is C15H20N4. The summed E-state index contributed by atoms with van der Waals surface area (Å²) in [6.45, 7) is 3.45. The van der Waals surface area contributed by atoms with E-state index in [1.54, 1.807) is 0 Å². The largest absolute Gasteiger partial charge is 0.342 e. The molecule has 2 aromatic rings. The highest BCUT2D eigenvalue weighted by Crippen LogP contribution is 2.29. The van der Waals surface area contributed by atoms with Crippen molar-refractivity contribution < 1.29 is 0 Å². The van der Waals surface area contributed by atoms with E-state index in [4.69, 9.17) is 4.98 Å². The molecule has 0 radical (unpaired) electrons. The number of aryl methyl sites for hydroxylation is 1. The lowest BCUT2D eigenvalue weighted by molar-refractivity contribution is 0.372. The molecule has 1 N–H and O–H groups in total. The number of nitrogens with one attached hydrogen (secondary N) is 1. The van der Waals surface area contributed by atoms with Gasteiger partial charge in [0.05, 0.1) is 11.0 Å². The van der Waals surface area contributed by atoms with E-state index in [0.29, 0.717) is 0 Å². The highest BCUT2D eigenvalue weighted by molar-refractivity contribution is 5.78. The normalized spacial score (nSPS) is 26.9. The first kappa shape index (κ1) is 11.3. The third kappa shape index (κ3) is 1.74. The van der Waals surface area contributed by atoms with E-state index in [-0.39, 0.29) is 0 Å². The average Bonchev–Trinajstić information content (AvgIpc) is 3.03. The average molecular weight is 256 g/mol. The Kier molecular flexibility index (Phi) is 2.52. The lowest BCUT2D eigenvalue weighted by Crippen LogP contribution is -2.45. The van der Waals surface area contributed by atoms with Crippen LogP contribution in [-0.4, -0.2) is 35.2 Å². The molecule has 100 valence electrons. The summed E-state index contributed by atoms with van der Waals surface area (Å²) in [7, 11) is 2.13. The number of rotatable bonds is 1. The van der Waals surface area contributed by atoms with Crippen molar-refractivity contribution >= 4 is 17.0 Å². The highest BCUT2D eigenvalue weighted by atomic mass is 15.3. The zero-order chi connectivity index (χ0) is 12.8. The van der Waals surface area contributed by atoms with Gasteiger partial charge in [0.25, 0.3) is 0 Å². The van der Waals surface area contributed by atoms with Gasteiger partial charge in [0.15, 0.2) is 0 Å². The molecule has 4 rings (SSSR count). The van der Waals surface area contributed by atoms with Gasteiger partial charge in [0, 0.05) is 26.2 Å². The number of hydrogen-bond donors (Lipinski definition) is 1. The van der Waals surface area contributed by atoms with Crippen LogP contribution >= 0.6 is 0 Å². The number of imidazole rings is 1. The van der Waals surface area contributed by atoms with Crippen molar-refractivity contribution in [1.82, 2.24) is 14.9 Å². The summed E-state index contributed by atoms with van der Waals surface area (Å²) in [5.74, 6) is 1.93. The van der Waals surface area contributed by atoms with Crippen molar-refractivity contribution in [2.24, 2.45) is 13.0 Å². The van der Waals surface area contributed by atoms with Gasteiger partial charge in [-0.2, -0.15) is 0 Å². The van der Waals surface area contributed by atoms with Gasteiger partial charge in [0.2, 0.25) is 5.95 Å². The molecule has 2 aliphatic heterocycles. The summed E-state index contributed by atoms with van der Waals surface area (Å²) in [6, 6.07) is 9.14. The first-order valence-electron chi connectivity index (χ1n) is 7.23. The molecule has 2 saturated heterocycles. The second-order valence-electron chi connectivity index (χ2n) is 5.80. The molecule has 1 aromatic heterocycles. The number of benzene rings is 1. The Morgan fingerprint density at radius 1 is 1.26 bits per heavy atom. The van der Waals surface area contributed by atoms with E-state index in [1.807, 2.05) is 0 Å². The number of nitrogens with zero attached hydrogens (tertiary/aromatic N) is 3. The van der Waals surface area contributed by atoms with Crippen LogP contribution in [0.4, 0.5) is 5.95 Å². The number of aromatic nitrogens is 2. The zero-order valence-corrected chi connectivity index (χ0v) is 11.3. The Hall–Kier alpha value is -1.55. The standard InChI is InChI=1S/C15H20N4/c1-18-14-5-3-2-4-13(14)17-15(18)19-9-7-12-11(10-19)6-8-16-12/h2-5,11-12,16H,6-10H2,1H3. The fourth-order valence-corrected chi connectivity index (χ4v) is 3.64. The zero-order valence-electron chi connectivity index (χ0n) is 11.3. The van der Waals surface area contributed by atoms with Crippen molar-refractivity contribution in [1.29, 1.82) is 0 Å². The molecule has 1 aromatic carbocycles. The summed E-state index contributed by atoms with van der Waals surface area (Å²) in [5.41, 5.74) is 2.33. The van der Waals surface area contributed by atoms with Gasteiger partial charge in [-0.25, -0.2) is 4.98 Å². The van der Waals surface area contributed by atoms with Gasteiger partial charge >= 0.3 is 0 Å². The van der Waals surface area contributed by atoms with Crippen LogP contribution in [0.3, 0.4) is 0 Å². The van der Waals surface area contributed by atoms with E-state index < -0.39 is 0 Å². The fraction of sp³-hybridized carbons (Fsp3) is 0.533. The summed E-state index contributed by atoms with van der Waals surface area (Å²) >= 11 is 0. The molecule has 0 amide bonds. The smallest absolute Gasteiger partial charge is 0.206 e. The topological polar surface area (TPSA) is 33.1 Å². The Morgan fingerprint density at radius 3 is 3.05 bits per heavy atom. The molecule has 0 saturated carbocycles. The Balaban J connectivity index is 1.68. The second kappa shape index (κ2) is 4.23. The van der Waals surface area contributed by atoms with Crippen LogP contribution in [0.15, 0.2) is 24.3 Å². The maximum Gasteiger partial charge on any atom is 0.206 e. The molecular weight excluding hydrogens is 236 g/mol. The molecule has 0 bridgehead atoms. The quantitative estimate of drug-likeness (QED) is 0.844. The number of para-hydroxylation sites is 2. The van der Waals surface area contributed by atoms with Gasteiger partial charge in [-0.1, -0.05) is 12.1 Å². The van der Waals surface area contributed by atoms with E-state index in [0.717, 1.165) is 36.5 Å². The number of piperidine rings is 1. The predicted octanol–water partition coefficient (Wildman–Crippen LogP) is 1.76. The SMILES string of the molecule is Cn1c(N2CCC3NCCC3C2)nc2ccccc21. The third-order valence-electron chi connectivity index (χ3n) is 4.70. The molecule has 3 heterocycles. The van der Waals surface area contributed by atoms with Crippen LogP contribution in [0.2, 0.25) is 0 Å². The molecule has 2 unspecified atom stereocenters. The first-order chi connectivity index (χ1) is 9.33. The van der Waals surface area contributed by atoms with Crippen molar-refractivity contribution in [3.63, 3.8) is 0 Å². The van der Waals surface area contributed by atoms with Crippen LogP contribution in [0, 0.1) is 5.92 Å². The van der Waals surface area contributed by atoms with E-state index >= 15 is 0 Å². The molecule has 4 nitrogen and oxygen atoms in total. The van der Waals surface area contributed by atoms with Crippen LogP contribution in [0.25, 0.3) is 11.0 Å². The van der Waals surface area contributed by atoms with Crippen molar-refractivity contribution in [3.05, 3.63) is 24.3 Å². The van der Waals surface area contributed by atoms with Crippen LogP contribution in [0.1, 0.15) is 12.8 Å².